The van der Waals surface area contributed by atoms with E-state index in [1.807, 2.05) is 0 Å². The maximum absolute atomic E-state index is 13.6. The molecule has 0 aliphatic heterocycles. The third-order valence-electron chi connectivity index (χ3n) is 2.77. The maximum atomic E-state index is 13.6. The third kappa shape index (κ3) is 5.22. The van der Waals surface area contributed by atoms with Crippen molar-refractivity contribution >= 4 is 21.4 Å². The molecule has 1 aromatic rings. The van der Waals surface area contributed by atoms with Crippen LogP contribution in [-0.2, 0) is 9.84 Å². The minimum atomic E-state index is -3.30. The molecule has 0 spiro atoms. The van der Waals surface area contributed by atoms with Gasteiger partial charge in [-0.05, 0) is 39.0 Å². The molecule has 0 bridgehead atoms. The van der Waals surface area contributed by atoms with Crippen LogP contribution in [-0.4, -0.2) is 31.4 Å². The smallest absolute Gasteiger partial charge is 0.165 e. The molecule has 0 amide bonds. The van der Waals surface area contributed by atoms with E-state index in [-0.39, 0.29) is 24.0 Å². The Balaban J connectivity index is 2.76. The molecule has 0 aliphatic carbocycles. The normalized spacial score (nSPS) is 11.7. The second-order valence-electron chi connectivity index (χ2n) is 5.36. The van der Waals surface area contributed by atoms with Gasteiger partial charge in [-0.3, -0.25) is 0 Å². The molecule has 0 fully saturated rings. The fraction of sp³-hybridized carbons (Fsp3) is 0.467. The average Bonchev–Trinajstić information content (AvgIpc) is 2.38. The first-order chi connectivity index (χ1) is 9.67. The third-order valence-corrected chi connectivity index (χ3v) is 5.48. The van der Waals surface area contributed by atoms with Crippen LogP contribution in [0.5, 0.6) is 5.75 Å². The van der Waals surface area contributed by atoms with Crippen molar-refractivity contribution < 1.29 is 17.5 Å². The predicted octanol–water partition coefficient (Wildman–Crippen LogP) is 3.01. The molecule has 1 aromatic carbocycles. The van der Waals surface area contributed by atoms with E-state index in [0.717, 1.165) is 0 Å². The van der Waals surface area contributed by atoms with E-state index < -0.39 is 20.4 Å². The summed E-state index contributed by atoms with van der Waals surface area (Å²) in [7, 11) is -3.30. The Morgan fingerprint density at radius 3 is 2.57 bits per heavy atom. The topological polar surface area (TPSA) is 43.4 Å². The number of sulfone groups is 1. The van der Waals surface area contributed by atoms with Crippen LogP contribution >= 0.6 is 11.6 Å². The van der Waals surface area contributed by atoms with Gasteiger partial charge in [0.15, 0.2) is 21.4 Å². The first-order valence-electron chi connectivity index (χ1n) is 6.37. The molecule has 3 nitrogen and oxygen atoms in total. The number of alkyl halides is 1. The van der Waals surface area contributed by atoms with Crippen LogP contribution in [0.1, 0.15) is 26.3 Å². The van der Waals surface area contributed by atoms with Gasteiger partial charge in [0.05, 0.1) is 16.4 Å². The summed E-state index contributed by atoms with van der Waals surface area (Å²) in [6, 6.07) is 4.16. The van der Waals surface area contributed by atoms with Crippen molar-refractivity contribution in [2.45, 2.75) is 25.5 Å². The highest BCUT2D eigenvalue weighted by molar-refractivity contribution is 7.92. The lowest BCUT2D eigenvalue weighted by atomic mass is 10.2. The summed E-state index contributed by atoms with van der Waals surface area (Å²) in [5.41, 5.74) is 0.561. The molecule has 0 radical (unpaired) electrons. The van der Waals surface area contributed by atoms with Crippen LogP contribution in [0.4, 0.5) is 4.39 Å². The van der Waals surface area contributed by atoms with Gasteiger partial charge in [0.1, 0.15) is 6.61 Å². The Kier molecular flexibility index (Phi) is 6.06. The molecule has 0 atom stereocenters. The van der Waals surface area contributed by atoms with Crippen LogP contribution in [0.15, 0.2) is 18.2 Å². The molecule has 0 aliphatic rings. The van der Waals surface area contributed by atoms with Gasteiger partial charge in [-0.2, -0.15) is 0 Å². The molecule has 1 rings (SSSR count). The first-order valence-corrected chi connectivity index (χ1v) is 8.55. The van der Waals surface area contributed by atoms with Gasteiger partial charge in [0.2, 0.25) is 0 Å². The second kappa shape index (κ2) is 7.15. The van der Waals surface area contributed by atoms with Gasteiger partial charge < -0.3 is 4.74 Å². The Morgan fingerprint density at radius 2 is 2.00 bits per heavy atom. The summed E-state index contributed by atoms with van der Waals surface area (Å²) < 4.78 is 41.8. The Bertz CT molecular complexity index is 652. The Morgan fingerprint density at radius 1 is 1.33 bits per heavy atom. The number of hydrogen-bond acceptors (Lipinski definition) is 3. The van der Waals surface area contributed by atoms with Crippen LogP contribution in [0.2, 0.25) is 0 Å². The molecule has 116 valence electrons. The van der Waals surface area contributed by atoms with E-state index in [4.69, 9.17) is 16.3 Å². The van der Waals surface area contributed by atoms with Gasteiger partial charge in [-0.1, -0.05) is 11.8 Å². The van der Waals surface area contributed by atoms with Crippen molar-refractivity contribution in [1.29, 1.82) is 0 Å². The van der Waals surface area contributed by atoms with Gasteiger partial charge in [0.25, 0.3) is 0 Å². The number of hydrogen-bond donors (Lipinski definition) is 0. The highest BCUT2D eigenvalue weighted by Gasteiger charge is 2.28. The van der Waals surface area contributed by atoms with E-state index in [0.29, 0.717) is 5.56 Å². The largest absolute Gasteiger partial charge is 0.489 e. The lowest BCUT2D eigenvalue weighted by Gasteiger charge is -2.19. The quantitative estimate of drug-likeness (QED) is 0.629. The zero-order valence-corrected chi connectivity index (χ0v) is 13.8. The van der Waals surface area contributed by atoms with Gasteiger partial charge in [-0.25, -0.2) is 12.8 Å². The van der Waals surface area contributed by atoms with Crippen molar-refractivity contribution in [1.82, 2.24) is 0 Å². The fourth-order valence-corrected chi connectivity index (χ4v) is 2.38. The fourth-order valence-electron chi connectivity index (χ4n) is 1.39. The molecule has 6 heteroatoms. The summed E-state index contributed by atoms with van der Waals surface area (Å²) in [6.45, 7) is 4.74. The highest BCUT2D eigenvalue weighted by atomic mass is 35.5. The summed E-state index contributed by atoms with van der Waals surface area (Å²) in [6.07, 6.45) is 0. The standard InChI is InChI=1S/C15H18ClFO3S/c1-15(2,3)21(18,19)10-9-20-14-11-12(5-4-8-16)6-7-13(14)17/h6-7,11H,8-10H2,1-3H3. The summed E-state index contributed by atoms with van der Waals surface area (Å²) in [5.74, 6) is 4.83. The summed E-state index contributed by atoms with van der Waals surface area (Å²) in [5, 5.41) is 0. The van der Waals surface area contributed by atoms with Crippen molar-refractivity contribution in [3.63, 3.8) is 0 Å². The molecule has 0 heterocycles. The van der Waals surface area contributed by atoms with Gasteiger partial charge in [0, 0.05) is 5.56 Å². The predicted molar refractivity (Wildman–Crippen MR) is 83.0 cm³/mol. The van der Waals surface area contributed by atoms with Crippen LogP contribution in [0.25, 0.3) is 0 Å². The van der Waals surface area contributed by atoms with Crippen LogP contribution in [0, 0.1) is 17.7 Å². The highest BCUT2D eigenvalue weighted by Crippen LogP contribution is 2.20. The molecule has 21 heavy (non-hydrogen) atoms. The van der Waals surface area contributed by atoms with Gasteiger partial charge >= 0.3 is 0 Å². The van der Waals surface area contributed by atoms with Crippen LogP contribution < -0.4 is 4.74 Å². The van der Waals surface area contributed by atoms with Crippen molar-refractivity contribution in [2.24, 2.45) is 0 Å². The monoisotopic (exact) mass is 332 g/mol. The zero-order chi connectivity index (χ0) is 16.1. The van der Waals surface area contributed by atoms with E-state index in [1.165, 1.54) is 18.2 Å². The number of halogens is 2. The molecule has 0 unspecified atom stereocenters. The number of ether oxygens (including phenoxy) is 1. The Labute approximate surface area is 130 Å². The summed E-state index contributed by atoms with van der Waals surface area (Å²) in [4.78, 5) is 0. The SMILES string of the molecule is CC(C)(C)S(=O)(=O)CCOc1cc(C#CCCl)ccc1F. The molecule has 0 saturated carbocycles. The maximum Gasteiger partial charge on any atom is 0.165 e. The molecule has 0 saturated heterocycles. The van der Waals surface area contributed by atoms with E-state index in [9.17, 15) is 12.8 Å². The average molecular weight is 333 g/mol. The van der Waals surface area contributed by atoms with Crippen molar-refractivity contribution in [3.05, 3.63) is 29.6 Å². The van der Waals surface area contributed by atoms with E-state index >= 15 is 0 Å². The van der Waals surface area contributed by atoms with Crippen LogP contribution in [0.3, 0.4) is 0 Å². The lowest BCUT2D eigenvalue weighted by molar-refractivity contribution is 0.321. The molecule has 0 N–H and O–H groups in total. The second-order valence-corrected chi connectivity index (χ2v) is 8.49. The van der Waals surface area contributed by atoms with E-state index in [1.54, 1.807) is 20.8 Å². The van der Waals surface area contributed by atoms with E-state index in [2.05, 4.69) is 11.8 Å². The molecule has 0 aromatic heterocycles. The zero-order valence-electron chi connectivity index (χ0n) is 12.2. The minimum absolute atomic E-state index is 0.0134. The first kappa shape index (κ1) is 17.8. The van der Waals surface area contributed by atoms with Crippen molar-refractivity contribution in [3.8, 4) is 17.6 Å². The number of rotatable bonds is 4. The summed E-state index contributed by atoms with van der Waals surface area (Å²) >= 11 is 5.45. The van der Waals surface area contributed by atoms with Gasteiger partial charge in [-0.15, -0.1) is 11.6 Å². The molecular weight excluding hydrogens is 315 g/mol. The Hall–Kier alpha value is -1.25. The number of benzene rings is 1. The molecular formula is C15H18ClFO3S. The minimum Gasteiger partial charge on any atom is -0.489 e. The lowest BCUT2D eigenvalue weighted by Crippen LogP contribution is -2.32. The van der Waals surface area contributed by atoms with Crippen molar-refractivity contribution in [2.75, 3.05) is 18.2 Å².